The molecule has 0 saturated heterocycles. The number of aryl methyl sites for hydroxylation is 3. The van der Waals surface area contributed by atoms with Crippen LogP contribution < -0.4 is 5.32 Å². The van der Waals surface area contributed by atoms with E-state index in [0.29, 0.717) is 12.0 Å². The molecule has 0 amide bonds. The number of Topliss-reactive ketones (excluding diaryl/α,β-unsaturated/α-hetero) is 1. The Morgan fingerprint density at radius 2 is 1.91 bits per heavy atom. The molecule has 5 aromatic rings. The van der Waals surface area contributed by atoms with Gasteiger partial charge in [-0.3, -0.25) is 13.9 Å². The molecule has 2 aromatic carbocycles. The van der Waals surface area contributed by atoms with E-state index in [1.54, 1.807) is 17.1 Å². The van der Waals surface area contributed by atoms with Gasteiger partial charge >= 0.3 is 0 Å². The van der Waals surface area contributed by atoms with E-state index in [9.17, 15) is 4.79 Å². The number of pyridine rings is 1. The fourth-order valence-corrected chi connectivity index (χ4v) is 4.01. The molecule has 6 nitrogen and oxygen atoms in total. The number of fused-ring (bicyclic) bond motifs is 1. The molecule has 3 heterocycles. The van der Waals surface area contributed by atoms with Gasteiger partial charge in [0.15, 0.2) is 11.4 Å². The molecule has 0 atom stereocenters. The minimum absolute atomic E-state index is 0.0829. The number of anilines is 2. The largest absolute Gasteiger partial charge is 0.350 e. The number of carbonyl (C=O) groups excluding carboxylic acids is 1. The van der Waals surface area contributed by atoms with Crippen LogP contribution in [0.5, 0.6) is 0 Å². The predicted octanol–water partition coefficient (Wildman–Crippen LogP) is 5.25. The molecule has 0 radical (unpaired) electrons. The van der Waals surface area contributed by atoms with E-state index in [4.69, 9.17) is 0 Å². The fraction of sp³-hybridized carbons (Fsp3) is 0.138. The summed E-state index contributed by atoms with van der Waals surface area (Å²) in [5, 5.41) is 7.55. The zero-order valence-electron chi connectivity index (χ0n) is 19.9. The van der Waals surface area contributed by atoms with E-state index in [1.807, 2.05) is 86.2 Å². The van der Waals surface area contributed by atoms with Crippen LogP contribution in [0.3, 0.4) is 0 Å². The van der Waals surface area contributed by atoms with Gasteiger partial charge in [0, 0.05) is 37.0 Å². The second kappa shape index (κ2) is 9.32. The van der Waals surface area contributed by atoms with E-state index in [1.165, 1.54) is 0 Å². The second-order valence-electron chi connectivity index (χ2n) is 8.66. The highest BCUT2D eigenvalue weighted by atomic mass is 16.1. The number of nitrogens with one attached hydrogen (secondary N) is 1. The summed E-state index contributed by atoms with van der Waals surface area (Å²) in [5.41, 5.74) is 8.00. The third-order valence-electron chi connectivity index (χ3n) is 5.85. The van der Waals surface area contributed by atoms with Crippen molar-refractivity contribution in [2.24, 2.45) is 7.05 Å². The molecule has 6 heteroatoms. The van der Waals surface area contributed by atoms with Gasteiger partial charge in [-0.15, -0.1) is 0 Å². The highest BCUT2D eigenvalue weighted by Crippen LogP contribution is 2.21. The molecule has 0 fully saturated rings. The molecular weight excluding hydrogens is 434 g/mol. The Balaban J connectivity index is 1.41. The highest BCUT2D eigenvalue weighted by molar-refractivity contribution is 5.98. The molecule has 0 unspecified atom stereocenters. The average molecular weight is 460 g/mol. The zero-order valence-corrected chi connectivity index (χ0v) is 19.9. The van der Waals surface area contributed by atoms with E-state index < -0.39 is 0 Å². The molecular formula is C29H25N5O. The number of benzene rings is 2. The Morgan fingerprint density at radius 1 is 1.03 bits per heavy atom. The third-order valence-corrected chi connectivity index (χ3v) is 5.85. The second-order valence-corrected chi connectivity index (χ2v) is 8.66. The van der Waals surface area contributed by atoms with Gasteiger partial charge in [-0.1, -0.05) is 47.9 Å². The normalized spacial score (nSPS) is 10.7. The minimum atomic E-state index is 0.0829. The van der Waals surface area contributed by atoms with E-state index in [-0.39, 0.29) is 5.78 Å². The lowest BCUT2D eigenvalue weighted by Crippen LogP contribution is -2.04. The third kappa shape index (κ3) is 4.85. The maximum Gasteiger partial charge on any atom is 0.167 e. The van der Waals surface area contributed by atoms with Crippen molar-refractivity contribution < 1.29 is 4.79 Å². The smallest absolute Gasteiger partial charge is 0.167 e. The van der Waals surface area contributed by atoms with Gasteiger partial charge in [-0.25, -0.2) is 4.98 Å². The fourth-order valence-electron chi connectivity index (χ4n) is 4.01. The van der Waals surface area contributed by atoms with Crippen molar-refractivity contribution in [3.8, 4) is 11.8 Å². The lowest BCUT2D eigenvalue weighted by atomic mass is 9.98. The van der Waals surface area contributed by atoms with Crippen LogP contribution in [0.4, 0.5) is 11.4 Å². The first-order valence-corrected chi connectivity index (χ1v) is 11.4. The Bertz CT molecular complexity index is 1610. The first kappa shape index (κ1) is 22.2. The molecule has 0 spiro atoms. The molecule has 172 valence electrons. The van der Waals surface area contributed by atoms with Crippen LogP contribution in [0.15, 0.2) is 79.4 Å². The van der Waals surface area contributed by atoms with Crippen LogP contribution in [0.25, 0.3) is 5.65 Å². The maximum absolute atomic E-state index is 12.9. The van der Waals surface area contributed by atoms with E-state index in [0.717, 1.165) is 45.0 Å². The summed E-state index contributed by atoms with van der Waals surface area (Å²) in [4.78, 5) is 17.5. The molecule has 3 aromatic heterocycles. The van der Waals surface area contributed by atoms with Crippen molar-refractivity contribution in [2.75, 3.05) is 5.32 Å². The molecule has 1 N–H and O–H groups in total. The number of hydrogen-bond acceptors (Lipinski definition) is 4. The average Bonchev–Trinajstić information content (AvgIpc) is 3.45. The van der Waals surface area contributed by atoms with Crippen LogP contribution in [0.2, 0.25) is 0 Å². The summed E-state index contributed by atoms with van der Waals surface area (Å²) in [5.74, 6) is 6.57. The number of imidazole rings is 1. The molecule has 0 bridgehead atoms. The van der Waals surface area contributed by atoms with Gasteiger partial charge in [0.1, 0.15) is 5.69 Å². The number of nitrogens with zero attached hydrogens (tertiary/aromatic N) is 4. The Kier molecular flexibility index (Phi) is 5.90. The first-order chi connectivity index (χ1) is 17.0. The number of aromatic nitrogens is 4. The van der Waals surface area contributed by atoms with Gasteiger partial charge in [0.25, 0.3) is 0 Å². The summed E-state index contributed by atoms with van der Waals surface area (Å²) in [6.07, 6.45) is 7.75. The molecule has 0 aliphatic carbocycles. The maximum atomic E-state index is 12.9. The summed E-state index contributed by atoms with van der Waals surface area (Å²) in [7, 11) is 1.88. The number of hydrogen-bond donors (Lipinski definition) is 1. The van der Waals surface area contributed by atoms with Crippen LogP contribution in [-0.4, -0.2) is 24.9 Å². The topological polar surface area (TPSA) is 64.2 Å². The molecule has 0 saturated carbocycles. The number of ketones is 1. The van der Waals surface area contributed by atoms with Gasteiger partial charge in [-0.2, -0.15) is 5.10 Å². The van der Waals surface area contributed by atoms with Crippen molar-refractivity contribution in [3.63, 3.8) is 0 Å². The Hall–Kier alpha value is -4.63. The molecule has 0 aliphatic heterocycles. The Morgan fingerprint density at radius 3 is 2.71 bits per heavy atom. The summed E-state index contributed by atoms with van der Waals surface area (Å²) >= 11 is 0. The van der Waals surface area contributed by atoms with E-state index in [2.05, 4.69) is 33.3 Å². The summed E-state index contributed by atoms with van der Waals surface area (Å²) < 4.78 is 3.70. The standard InChI is InChI=1S/C29H25N5O/c1-20-6-4-7-22(14-20)15-28(35)24-10-9-21(2)23(16-24)11-12-26-18-30-29-27(8-5-13-34(26)29)32-25-17-31-33(3)19-25/h4-10,13-14,16-19,32H,15H2,1-3H3. The van der Waals surface area contributed by atoms with Crippen LogP contribution >= 0.6 is 0 Å². The summed E-state index contributed by atoms with van der Waals surface area (Å²) in [6.45, 7) is 4.04. The number of carbonyl (C=O) groups is 1. The zero-order chi connectivity index (χ0) is 24.4. The van der Waals surface area contributed by atoms with Crippen molar-refractivity contribution in [1.29, 1.82) is 0 Å². The van der Waals surface area contributed by atoms with Crippen LogP contribution in [-0.2, 0) is 13.5 Å². The molecule has 35 heavy (non-hydrogen) atoms. The van der Waals surface area contributed by atoms with Crippen molar-refractivity contribution in [3.05, 3.63) is 113 Å². The van der Waals surface area contributed by atoms with Gasteiger partial charge in [-0.05, 0) is 49.1 Å². The van der Waals surface area contributed by atoms with Crippen LogP contribution in [0, 0.1) is 25.7 Å². The predicted molar refractivity (Wildman–Crippen MR) is 138 cm³/mol. The first-order valence-electron chi connectivity index (χ1n) is 11.4. The van der Waals surface area contributed by atoms with Gasteiger partial charge in [0.2, 0.25) is 0 Å². The van der Waals surface area contributed by atoms with Crippen molar-refractivity contribution >= 4 is 22.8 Å². The lowest BCUT2D eigenvalue weighted by molar-refractivity contribution is 0.0993. The summed E-state index contributed by atoms with van der Waals surface area (Å²) in [6, 6.07) is 17.7. The van der Waals surface area contributed by atoms with Gasteiger partial charge in [0.05, 0.1) is 23.8 Å². The number of rotatable bonds is 5. The van der Waals surface area contributed by atoms with Crippen molar-refractivity contribution in [2.45, 2.75) is 20.3 Å². The molecule has 5 rings (SSSR count). The SMILES string of the molecule is Cc1cccc(CC(=O)c2ccc(C)c(C#Cc3cnc4c(Nc5cnn(C)c5)cccn34)c2)c1. The highest BCUT2D eigenvalue weighted by Gasteiger charge is 2.10. The van der Waals surface area contributed by atoms with Crippen molar-refractivity contribution in [1.82, 2.24) is 19.2 Å². The lowest BCUT2D eigenvalue weighted by Gasteiger charge is -2.06. The Labute approximate surface area is 204 Å². The van der Waals surface area contributed by atoms with E-state index >= 15 is 0 Å². The van der Waals surface area contributed by atoms with Crippen LogP contribution in [0.1, 0.15) is 38.3 Å². The quantitative estimate of drug-likeness (QED) is 0.288. The molecule has 0 aliphatic rings. The monoisotopic (exact) mass is 459 g/mol. The minimum Gasteiger partial charge on any atom is -0.350 e. The van der Waals surface area contributed by atoms with Gasteiger partial charge < -0.3 is 5.32 Å².